The summed E-state index contributed by atoms with van der Waals surface area (Å²) in [6, 6.07) is 4.34. The van der Waals surface area contributed by atoms with E-state index >= 15 is 0 Å². The summed E-state index contributed by atoms with van der Waals surface area (Å²) in [5.74, 6) is 1.62. The van der Waals surface area contributed by atoms with Crippen LogP contribution >= 0.6 is 0 Å². The minimum absolute atomic E-state index is 0.330. The molecule has 4 heterocycles. The van der Waals surface area contributed by atoms with Crippen LogP contribution in [0.1, 0.15) is 44.0 Å². The molecule has 0 aromatic carbocycles. The van der Waals surface area contributed by atoms with Crippen molar-refractivity contribution < 1.29 is 0 Å². The van der Waals surface area contributed by atoms with Gasteiger partial charge in [0.25, 0.3) is 0 Å². The molecule has 0 saturated carbocycles. The maximum absolute atomic E-state index is 4.82. The molecule has 0 radical (unpaired) electrons. The van der Waals surface area contributed by atoms with Gasteiger partial charge in [0.15, 0.2) is 5.65 Å². The molecule has 0 atom stereocenters. The fraction of sp³-hybridized carbons (Fsp3) is 0.700. The summed E-state index contributed by atoms with van der Waals surface area (Å²) in [7, 11) is 4.57. The second-order valence-corrected chi connectivity index (χ2v) is 8.62. The Hall–Kier alpha value is -1.66. The van der Waals surface area contributed by atoms with Gasteiger partial charge in [0, 0.05) is 56.1 Å². The van der Waals surface area contributed by atoms with Crippen LogP contribution in [0.25, 0.3) is 5.65 Å². The predicted octanol–water partition coefficient (Wildman–Crippen LogP) is 2.38. The van der Waals surface area contributed by atoms with Gasteiger partial charge in [-0.25, -0.2) is 4.98 Å². The SMILES string of the molecule is Cc1cc2nc(C(C)C)cc(N3CCC4(CC3)CN(C)CCN4C)n2n1. The quantitative estimate of drug-likeness (QED) is 0.826. The van der Waals surface area contributed by atoms with Crippen molar-refractivity contribution in [1.29, 1.82) is 0 Å². The van der Waals surface area contributed by atoms with Gasteiger partial charge in [0.1, 0.15) is 5.82 Å². The fourth-order valence-corrected chi connectivity index (χ4v) is 4.56. The molecule has 142 valence electrons. The van der Waals surface area contributed by atoms with Crippen molar-refractivity contribution in [1.82, 2.24) is 24.4 Å². The third kappa shape index (κ3) is 2.99. The first-order chi connectivity index (χ1) is 12.4. The van der Waals surface area contributed by atoms with Gasteiger partial charge in [0.2, 0.25) is 0 Å². The van der Waals surface area contributed by atoms with Gasteiger partial charge in [-0.3, -0.25) is 4.90 Å². The highest BCUT2D eigenvalue weighted by atomic mass is 15.4. The highest BCUT2D eigenvalue weighted by Crippen LogP contribution is 2.33. The van der Waals surface area contributed by atoms with E-state index in [4.69, 9.17) is 10.1 Å². The predicted molar refractivity (Wildman–Crippen MR) is 106 cm³/mol. The van der Waals surface area contributed by atoms with Gasteiger partial charge >= 0.3 is 0 Å². The monoisotopic (exact) mass is 356 g/mol. The van der Waals surface area contributed by atoms with Crippen molar-refractivity contribution in [3.8, 4) is 0 Å². The number of nitrogens with zero attached hydrogens (tertiary/aromatic N) is 6. The highest BCUT2D eigenvalue weighted by molar-refractivity contribution is 5.53. The smallest absolute Gasteiger partial charge is 0.157 e. The number of anilines is 1. The molecular formula is C20H32N6. The second-order valence-electron chi connectivity index (χ2n) is 8.62. The van der Waals surface area contributed by atoms with E-state index in [-0.39, 0.29) is 0 Å². The lowest BCUT2D eigenvalue weighted by Crippen LogP contribution is -2.63. The van der Waals surface area contributed by atoms with Crippen molar-refractivity contribution in [2.24, 2.45) is 0 Å². The van der Waals surface area contributed by atoms with Crippen molar-refractivity contribution in [3.63, 3.8) is 0 Å². The maximum atomic E-state index is 4.82. The molecule has 2 fully saturated rings. The molecule has 0 unspecified atom stereocenters. The van der Waals surface area contributed by atoms with E-state index in [1.165, 1.54) is 38.3 Å². The van der Waals surface area contributed by atoms with E-state index in [1.807, 2.05) is 11.4 Å². The standard InChI is InChI=1S/C20H32N6/c1-15(2)17-13-19(26-18(21-17)12-16(3)22-26)25-8-6-20(7-9-25)14-23(4)10-11-24(20)5/h12-13,15H,6-11,14H2,1-5H3. The molecule has 0 N–H and O–H groups in total. The Morgan fingerprint density at radius 3 is 2.46 bits per heavy atom. The second kappa shape index (κ2) is 6.50. The van der Waals surface area contributed by atoms with Gasteiger partial charge in [-0.2, -0.15) is 9.61 Å². The summed E-state index contributed by atoms with van der Waals surface area (Å²) < 4.78 is 2.04. The van der Waals surface area contributed by atoms with Crippen LogP contribution in [0.5, 0.6) is 0 Å². The lowest BCUT2D eigenvalue weighted by molar-refractivity contribution is 0.00933. The summed E-state index contributed by atoms with van der Waals surface area (Å²) in [4.78, 5) is 12.4. The highest BCUT2D eigenvalue weighted by Gasteiger charge is 2.41. The van der Waals surface area contributed by atoms with Gasteiger partial charge in [0.05, 0.1) is 5.69 Å². The minimum Gasteiger partial charge on any atom is -0.356 e. The van der Waals surface area contributed by atoms with Crippen LogP contribution in [-0.2, 0) is 0 Å². The van der Waals surface area contributed by atoms with Gasteiger partial charge in [-0.05, 0) is 39.8 Å². The van der Waals surface area contributed by atoms with Crippen molar-refractivity contribution >= 4 is 11.5 Å². The number of aromatic nitrogens is 3. The number of aryl methyl sites for hydroxylation is 1. The molecule has 2 aliphatic rings. The molecule has 2 aliphatic heterocycles. The average molecular weight is 357 g/mol. The number of piperazine rings is 1. The molecule has 2 saturated heterocycles. The van der Waals surface area contributed by atoms with Crippen LogP contribution in [0.4, 0.5) is 5.82 Å². The van der Waals surface area contributed by atoms with Crippen molar-refractivity contribution in [2.75, 3.05) is 51.7 Å². The summed E-state index contributed by atoms with van der Waals surface area (Å²) >= 11 is 0. The summed E-state index contributed by atoms with van der Waals surface area (Å²) in [6.45, 7) is 12.2. The normalized spacial score (nSPS) is 22.0. The lowest BCUT2D eigenvalue weighted by Gasteiger charge is -2.52. The van der Waals surface area contributed by atoms with Crippen LogP contribution in [-0.4, -0.2) is 76.8 Å². The molecule has 1 spiro atoms. The third-order valence-electron chi connectivity index (χ3n) is 6.35. The number of rotatable bonds is 2. The van der Waals surface area contributed by atoms with Crippen LogP contribution in [0.15, 0.2) is 12.1 Å². The van der Waals surface area contributed by atoms with Crippen LogP contribution < -0.4 is 4.90 Å². The van der Waals surface area contributed by atoms with Gasteiger partial charge in [-0.1, -0.05) is 13.8 Å². The Balaban J connectivity index is 1.63. The number of hydrogen-bond donors (Lipinski definition) is 0. The molecule has 26 heavy (non-hydrogen) atoms. The third-order valence-corrected chi connectivity index (χ3v) is 6.35. The largest absolute Gasteiger partial charge is 0.356 e. The first-order valence-electron chi connectivity index (χ1n) is 9.90. The van der Waals surface area contributed by atoms with E-state index < -0.39 is 0 Å². The van der Waals surface area contributed by atoms with Gasteiger partial charge < -0.3 is 9.80 Å². The topological polar surface area (TPSA) is 39.9 Å². The van der Waals surface area contributed by atoms with Gasteiger partial charge in [-0.15, -0.1) is 0 Å². The zero-order chi connectivity index (χ0) is 18.5. The van der Waals surface area contributed by atoms with Crippen molar-refractivity contribution in [3.05, 3.63) is 23.5 Å². The average Bonchev–Trinajstić information content (AvgIpc) is 2.98. The van der Waals surface area contributed by atoms with Crippen LogP contribution in [0, 0.1) is 6.92 Å². The number of hydrogen-bond acceptors (Lipinski definition) is 5. The Kier molecular flexibility index (Phi) is 4.43. The molecule has 4 rings (SSSR count). The van der Waals surface area contributed by atoms with E-state index in [2.05, 4.69) is 54.8 Å². The van der Waals surface area contributed by atoms with E-state index in [9.17, 15) is 0 Å². The first-order valence-corrected chi connectivity index (χ1v) is 9.90. The Bertz CT molecular complexity index is 787. The first kappa shape index (κ1) is 17.7. The molecule has 6 nitrogen and oxygen atoms in total. The molecule has 0 amide bonds. The Labute approximate surface area is 156 Å². The number of piperidine rings is 1. The Morgan fingerprint density at radius 2 is 1.77 bits per heavy atom. The molecule has 0 bridgehead atoms. The molecule has 2 aromatic rings. The zero-order valence-electron chi connectivity index (χ0n) is 16.9. The molecule has 0 aliphatic carbocycles. The van der Waals surface area contributed by atoms with E-state index in [1.54, 1.807) is 0 Å². The lowest BCUT2D eigenvalue weighted by atomic mass is 9.84. The van der Waals surface area contributed by atoms with E-state index in [0.29, 0.717) is 11.5 Å². The molecular weight excluding hydrogens is 324 g/mol. The number of likely N-dealkylation sites (N-methyl/N-ethyl adjacent to an activating group) is 2. The van der Waals surface area contributed by atoms with Crippen LogP contribution in [0.2, 0.25) is 0 Å². The molecule has 2 aromatic heterocycles. The molecule has 6 heteroatoms. The fourth-order valence-electron chi connectivity index (χ4n) is 4.56. The minimum atomic E-state index is 0.330. The Morgan fingerprint density at radius 1 is 1.04 bits per heavy atom. The van der Waals surface area contributed by atoms with Crippen LogP contribution in [0.3, 0.4) is 0 Å². The zero-order valence-corrected chi connectivity index (χ0v) is 16.9. The maximum Gasteiger partial charge on any atom is 0.157 e. The summed E-state index contributed by atoms with van der Waals surface area (Å²) in [5, 5.41) is 4.71. The van der Waals surface area contributed by atoms with E-state index in [0.717, 1.165) is 30.1 Å². The number of fused-ring (bicyclic) bond motifs is 1. The van der Waals surface area contributed by atoms with Crippen molar-refractivity contribution in [2.45, 2.75) is 45.1 Å². The summed E-state index contributed by atoms with van der Waals surface area (Å²) in [5.41, 5.74) is 3.48. The summed E-state index contributed by atoms with van der Waals surface area (Å²) in [6.07, 6.45) is 2.41.